The Bertz CT molecular complexity index is 680. The van der Waals surface area contributed by atoms with Crippen molar-refractivity contribution < 1.29 is 14.3 Å². The van der Waals surface area contributed by atoms with Gasteiger partial charge in [-0.3, -0.25) is 4.79 Å². The highest BCUT2D eigenvalue weighted by molar-refractivity contribution is 7.80. The molecule has 5 nitrogen and oxygen atoms in total. The number of rotatable bonds is 7. The van der Waals surface area contributed by atoms with Crippen molar-refractivity contribution >= 4 is 24.6 Å². The lowest BCUT2D eigenvalue weighted by Gasteiger charge is -2.20. The average Bonchev–Trinajstić information content (AvgIpc) is 2.65. The van der Waals surface area contributed by atoms with Gasteiger partial charge in [0.1, 0.15) is 12.6 Å². The number of carbonyl (C=O) groups excluding carboxylic acids is 2. The number of nitrogens with one attached hydrogen (secondary N) is 2. The van der Waals surface area contributed by atoms with Gasteiger partial charge in [-0.2, -0.15) is 12.6 Å². The number of benzene rings is 2. The average molecular weight is 358 g/mol. The molecule has 0 saturated heterocycles. The van der Waals surface area contributed by atoms with Gasteiger partial charge in [0.15, 0.2) is 0 Å². The van der Waals surface area contributed by atoms with Crippen molar-refractivity contribution in [2.45, 2.75) is 25.6 Å². The van der Waals surface area contributed by atoms with E-state index < -0.39 is 12.1 Å². The summed E-state index contributed by atoms with van der Waals surface area (Å²) in [6, 6.07) is 18.0. The number of hydrogen-bond acceptors (Lipinski definition) is 4. The second kappa shape index (κ2) is 9.74. The molecule has 2 atom stereocenters. The third-order valence-electron chi connectivity index (χ3n) is 3.66. The third kappa shape index (κ3) is 6.15. The van der Waals surface area contributed by atoms with Gasteiger partial charge in [-0.25, -0.2) is 4.79 Å². The minimum absolute atomic E-state index is 0.147. The monoisotopic (exact) mass is 358 g/mol. The number of carbonyl (C=O) groups is 2. The van der Waals surface area contributed by atoms with Crippen LogP contribution in [-0.4, -0.2) is 23.8 Å². The lowest BCUT2D eigenvalue weighted by Crippen LogP contribution is -2.48. The predicted molar refractivity (Wildman–Crippen MR) is 100 cm³/mol. The van der Waals surface area contributed by atoms with E-state index in [-0.39, 0.29) is 24.3 Å². The van der Waals surface area contributed by atoms with Gasteiger partial charge in [0.25, 0.3) is 0 Å². The number of alkyl carbamates (subject to hydrolysis) is 1. The molecular formula is C19H22N2O3S. The van der Waals surface area contributed by atoms with Crippen LogP contribution in [0.5, 0.6) is 0 Å². The maximum atomic E-state index is 12.3. The van der Waals surface area contributed by atoms with Gasteiger partial charge >= 0.3 is 6.09 Å². The molecule has 6 heteroatoms. The van der Waals surface area contributed by atoms with Crippen LogP contribution in [0.1, 0.15) is 24.1 Å². The molecule has 0 saturated carbocycles. The first kappa shape index (κ1) is 18.9. The molecular weight excluding hydrogens is 336 g/mol. The maximum absolute atomic E-state index is 12.3. The topological polar surface area (TPSA) is 67.4 Å². The molecule has 2 aromatic carbocycles. The number of amides is 2. The lowest BCUT2D eigenvalue weighted by molar-refractivity contribution is -0.123. The van der Waals surface area contributed by atoms with Gasteiger partial charge < -0.3 is 15.4 Å². The molecule has 2 N–H and O–H groups in total. The van der Waals surface area contributed by atoms with E-state index >= 15 is 0 Å². The van der Waals surface area contributed by atoms with Gasteiger partial charge in [0.2, 0.25) is 5.91 Å². The predicted octanol–water partition coefficient (Wildman–Crippen LogP) is 3.09. The Balaban J connectivity index is 1.83. The van der Waals surface area contributed by atoms with Crippen molar-refractivity contribution in [3.63, 3.8) is 0 Å². The largest absolute Gasteiger partial charge is 0.445 e. The Kier molecular flexibility index (Phi) is 7.35. The summed E-state index contributed by atoms with van der Waals surface area (Å²) >= 11 is 4.15. The van der Waals surface area contributed by atoms with Crippen LogP contribution in [0.25, 0.3) is 0 Å². The molecule has 0 aliphatic rings. The second-order valence-corrected chi connectivity index (χ2v) is 5.95. The lowest BCUT2D eigenvalue weighted by atomic mass is 10.1. The van der Waals surface area contributed by atoms with Crippen LogP contribution in [0.3, 0.4) is 0 Å². The van der Waals surface area contributed by atoms with Gasteiger partial charge in [0, 0.05) is 5.75 Å². The minimum atomic E-state index is -0.766. The van der Waals surface area contributed by atoms with Gasteiger partial charge in [-0.1, -0.05) is 60.7 Å². The van der Waals surface area contributed by atoms with Crippen LogP contribution in [0.15, 0.2) is 60.7 Å². The smallest absolute Gasteiger partial charge is 0.408 e. The zero-order valence-corrected chi connectivity index (χ0v) is 14.9. The van der Waals surface area contributed by atoms with Crippen molar-refractivity contribution in [1.82, 2.24) is 10.6 Å². The van der Waals surface area contributed by atoms with Crippen molar-refractivity contribution in [3.8, 4) is 0 Å². The van der Waals surface area contributed by atoms with E-state index in [0.29, 0.717) is 0 Å². The number of thiol groups is 1. The third-order valence-corrected chi connectivity index (χ3v) is 4.03. The van der Waals surface area contributed by atoms with E-state index in [1.54, 1.807) is 0 Å². The molecule has 132 valence electrons. The highest BCUT2D eigenvalue weighted by atomic mass is 32.1. The first-order chi connectivity index (χ1) is 12.1. The van der Waals surface area contributed by atoms with Gasteiger partial charge in [0.05, 0.1) is 6.04 Å². The quantitative estimate of drug-likeness (QED) is 0.666. The molecule has 25 heavy (non-hydrogen) atoms. The molecule has 0 aliphatic carbocycles. The molecule has 2 rings (SSSR count). The minimum Gasteiger partial charge on any atom is -0.445 e. The molecule has 0 radical (unpaired) electrons. The van der Waals surface area contributed by atoms with E-state index in [0.717, 1.165) is 11.1 Å². The highest BCUT2D eigenvalue weighted by Crippen LogP contribution is 2.11. The van der Waals surface area contributed by atoms with E-state index in [4.69, 9.17) is 4.74 Å². The van der Waals surface area contributed by atoms with E-state index in [2.05, 4.69) is 23.3 Å². The summed E-state index contributed by atoms with van der Waals surface area (Å²) < 4.78 is 5.14. The van der Waals surface area contributed by atoms with Crippen LogP contribution >= 0.6 is 12.6 Å². The van der Waals surface area contributed by atoms with Crippen LogP contribution in [0.4, 0.5) is 4.79 Å². The Hall–Kier alpha value is -2.47. The normalized spacial score (nSPS) is 12.7. The summed E-state index contributed by atoms with van der Waals surface area (Å²) in [4.78, 5) is 24.2. The SMILES string of the molecule is C[C@@H](NC(=O)[C@H](CS)NC(=O)OCc1ccccc1)c1ccccc1. The molecule has 0 spiro atoms. The molecule has 2 aromatic rings. The molecule has 0 heterocycles. The summed E-state index contributed by atoms with van der Waals surface area (Å²) in [7, 11) is 0. The highest BCUT2D eigenvalue weighted by Gasteiger charge is 2.21. The molecule has 0 aromatic heterocycles. The van der Waals surface area contributed by atoms with E-state index in [1.807, 2.05) is 67.6 Å². The summed E-state index contributed by atoms with van der Waals surface area (Å²) in [5, 5.41) is 5.41. The molecule has 0 unspecified atom stereocenters. The zero-order valence-electron chi connectivity index (χ0n) is 14.0. The van der Waals surface area contributed by atoms with Crippen molar-refractivity contribution in [2.75, 3.05) is 5.75 Å². The maximum Gasteiger partial charge on any atom is 0.408 e. The zero-order chi connectivity index (χ0) is 18.1. The van der Waals surface area contributed by atoms with Crippen LogP contribution in [-0.2, 0) is 16.1 Å². The Morgan fingerprint density at radius 2 is 1.60 bits per heavy atom. The molecule has 0 fully saturated rings. The van der Waals surface area contributed by atoms with Gasteiger partial charge in [-0.15, -0.1) is 0 Å². The van der Waals surface area contributed by atoms with Crippen LogP contribution in [0.2, 0.25) is 0 Å². The van der Waals surface area contributed by atoms with Crippen molar-refractivity contribution in [1.29, 1.82) is 0 Å². The summed E-state index contributed by atoms with van der Waals surface area (Å²) in [6.07, 6.45) is -0.648. The summed E-state index contributed by atoms with van der Waals surface area (Å²) in [6.45, 7) is 2.03. The second-order valence-electron chi connectivity index (χ2n) is 5.58. The van der Waals surface area contributed by atoms with Crippen molar-refractivity contribution in [3.05, 3.63) is 71.8 Å². The van der Waals surface area contributed by atoms with Crippen LogP contribution in [0, 0.1) is 0 Å². The summed E-state index contributed by atoms with van der Waals surface area (Å²) in [5.41, 5.74) is 1.86. The fraction of sp³-hybridized carbons (Fsp3) is 0.263. The molecule has 0 aliphatic heterocycles. The molecule has 0 bridgehead atoms. The Morgan fingerprint density at radius 1 is 1.00 bits per heavy atom. The van der Waals surface area contributed by atoms with Crippen molar-refractivity contribution in [2.24, 2.45) is 0 Å². The fourth-order valence-corrected chi connectivity index (χ4v) is 2.50. The Morgan fingerprint density at radius 3 is 2.20 bits per heavy atom. The summed E-state index contributed by atoms with van der Waals surface area (Å²) in [5.74, 6) is -0.128. The van der Waals surface area contributed by atoms with E-state index in [1.165, 1.54) is 0 Å². The molecule has 2 amide bonds. The standard InChI is InChI=1S/C19H22N2O3S/c1-14(16-10-6-3-7-11-16)20-18(22)17(13-25)21-19(23)24-12-15-8-4-2-5-9-15/h2-11,14,17,25H,12-13H2,1H3,(H,20,22)(H,21,23)/t14-,17+/m1/s1. The first-order valence-electron chi connectivity index (χ1n) is 8.03. The first-order valence-corrected chi connectivity index (χ1v) is 8.66. The van der Waals surface area contributed by atoms with Crippen LogP contribution < -0.4 is 10.6 Å². The number of hydrogen-bond donors (Lipinski definition) is 3. The Labute approximate surface area is 153 Å². The van der Waals surface area contributed by atoms with E-state index in [9.17, 15) is 9.59 Å². The fourth-order valence-electron chi connectivity index (χ4n) is 2.24. The number of ether oxygens (including phenoxy) is 1. The van der Waals surface area contributed by atoms with Gasteiger partial charge in [-0.05, 0) is 18.1 Å².